The number of halogens is 1. The van der Waals surface area contributed by atoms with Crippen molar-refractivity contribution < 1.29 is 38.1 Å². The van der Waals surface area contributed by atoms with E-state index in [1.807, 2.05) is 13.8 Å². The van der Waals surface area contributed by atoms with Gasteiger partial charge in [0.15, 0.2) is 0 Å². The summed E-state index contributed by atoms with van der Waals surface area (Å²) in [6, 6.07) is 38.9. The Morgan fingerprint density at radius 2 is 1.01 bits per heavy atom. The van der Waals surface area contributed by atoms with Crippen LogP contribution in [0.1, 0.15) is 73.4 Å². The molecule has 0 unspecified atom stereocenters. The van der Waals surface area contributed by atoms with Gasteiger partial charge in [-0.3, -0.25) is 14.5 Å². The number of alkyl halides is 1. The molecule has 448 valence electrons. The maximum atomic E-state index is 12.0. The second kappa shape index (κ2) is 30.1. The van der Waals surface area contributed by atoms with Crippen LogP contribution in [0.25, 0.3) is 44.8 Å². The number of nitrogens with zero attached hydrogens (tertiary/aromatic N) is 5. The van der Waals surface area contributed by atoms with Crippen LogP contribution in [0.3, 0.4) is 0 Å². The molecular formula is C64H77ClN12O8. The van der Waals surface area contributed by atoms with Crippen LogP contribution in [0.4, 0.5) is 21.0 Å². The summed E-state index contributed by atoms with van der Waals surface area (Å²) in [4.78, 5) is 70.8. The number of carbonyl (C=O) groups excluding carboxylic acids is 4. The molecule has 21 heteroatoms. The monoisotopic (exact) mass is 1180 g/mol. The van der Waals surface area contributed by atoms with Gasteiger partial charge in [0.1, 0.15) is 58.9 Å². The Morgan fingerprint density at radius 3 is 1.42 bits per heavy atom. The van der Waals surface area contributed by atoms with E-state index in [-0.39, 0.29) is 34.7 Å². The lowest BCUT2D eigenvalue weighted by atomic mass is 10.1. The summed E-state index contributed by atoms with van der Waals surface area (Å²) in [5.74, 6) is 1.83. The number of primary amides is 2. The number of carbonyl (C=O) groups is 4. The summed E-state index contributed by atoms with van der Waals surface area (Å²) >= 11 is 5.51. The van der Waals surface area contributed by atoms with Gasteiger partial charge >= 0.3 is 12.2 Å². The highest BCUT2D eigenvalue weighted by molar-refractivity contribution is 6.18. The van der Waals surface area contributed by atoms with Crippen molar-refractivity contribution in [3.05, 3.63) is 144 Å². The molecule has 9 N–H and O–H groups in total. The minimum absolute atomic E-state index is 0.0657. The van der Waals surface area contributed by atoms with Gasteiger partial charge in [0.25, 0.3) is 11.8 Å². The number of aryl methyl sites for hydroxylation is 2. The van der Waals surface area contributed by atoms with Crippen molar-refractivity contribution in [1.82, 2.24) is 40.8 Å². The number of nitrogens with two attached hydrogens (primary N) is 2. The van der Waals surface area contributed by atoms with Crippen molar-refractivity contribution in [2.24, 2.45) is 11.5 Å². The molecule has 4 heterocycles. The average Bonchev–Trinajstić information content (AvgIpc) is 3.84. The molecule has 0 bridgehead atoms. The first kappa shape index (κ1) is 62.2. The second-order valence-electron chi connectivity index (χ2n) is 21.0. The Kier molecular flexibility index (Phi) is 22.0. The van der Waals surface area contributed by atoms with Gasteiger partial charge in [0, 0.05) is 82.1 Å². The van der Waals surface area contributed by atoms with E-state index >= 15 is 0 Å². The van der Waals surface area contributed by atoms with Crippen LogP contribution >= 0.6 is 11.6 Å². The minimum Gasteiger partial charge on any atom is -0.492 e. The smallest absolute Gasteiger partial charge is 0.412 e. The van der Waals surface area contributed by atoms with Crippen molar-refractivity contribution in [3.63, 3.8) is 0 Å². The number of nitrogens with one attached hydrogen (secondary N) is 5. The number of imidazole rings is 2. The fraction of sp³-hybridized carbons (Fsp3) is 0.344. The Hall–Kier alpha value is -8.85. The molecule has 6 aromatic carbocycles. The predicted molar refractivity (Wildman–Crippen MR) is 336 cm³/mol. The molecule has 2 saturated heterocycles. The molecule has 0 saturated carbocycles. The van der Waals surface area contributed by atoms with Gasteiger partial charge in [-0.25, -0.2) is 19.6 Å². The van der Waals surface area contributed by atoms with Crippen LogP contribution in [0.15, 0.2) is 121 Å². The molecule has 8 aromatic rings. The number of ether oxygens (including phenoxy) is 4. The van der Waals surface area contributed by atoms with Crippen LogP contribution in [0, 0.1) is 0 Å². The van der Waals surface area contributed by atoms with E-state index in [9.17, 15) is 19.2 Å². The van der Waals surface area contributed by atoms with E-state index in [2.05, 4.69) is 139 Å². The highest BCUT2D eigenvalue weighted by atomic mass is 35.5. The summed E-state index contributed by atoms with van der Waals surface area (Å²) in [5.41, 5.74) is 22.4. The molecular weight excluding hydrogens is 1100 g/mol. The Labute approximate surface area is 500 Å². The standard InChI is InChI=1S/C32H38N6O4.C19H22N4.C13H17ClN2O4/c1-4-22-8-10-23(11-9-22)31-35-26-6-5-7-27(29(26)36-31)38-16-14-37(15-17-38)18-19-41-24-12-13-28(25(20-24)30(33)39)42-32(40)34-21(2)3;1-2-14-6-8-15(9-7-14)19-21-16-4-3-5-17(18(16)22-19)23-12-10-20-11-13-23;1-8(2)16-13(18)20-11-4-3-9(19-6-5-14)7-10(11)12(15)17/h5-13,20-21H,4,14-19H2,1-3H3,(H2,33,39)(H,34,40)(H,35,36);3-9,20H,2,10-13H2,1H3,(H,21,22);3-4,7-8H,5-6H2,1-2H3,(H2,15,17)(H,16,18). The number of anilines is 2. The topological polar surface area (TPSA) is 260 Å². The maximum Gasteiger partial charge on any atom is 0.412 e. The number of H-pyrrole nitrogens is 2. The number of para-hydroxylation sites is 2. The van der Waals surface area contributed by atoms with E-state index in [1.54, 1.807) is 26.0 Å². The number of piperazine rings is 2. The van der Waals surface area contributed by atoms with Gasteiger partial charge in [0.2, 0.25) is 0 Å². The van der Waals surface area contributed by atoms with E-state index in [1.165, 1.54) is 41.1 Å². The van der Waals surface area contributed by atoms with Gasteiger partial charge in [-0.05, 0) is 112 Å². The third-order valence-electron chi connectivity index (χ3n) is 14.1. The molecule has 2 fully saturated rings. The number of benzene rings is 6. The molecule has 0 aliphatic carbocycles. The fourth-order valence-corrected chi connectivity index (χ4v) is 9.75. The number of hydrogen-bond donors (Lipinski definition) is 7. The second-order valence-corrected chi connectivity index (χ2v) is 21.4. The summed E-state index contributed by atoms with van der Waals surface area (Å²) in [6.45, 7) is 20.7. The number of rotatable bonds is 19. The van der Waals surface area contributed by atoms with E-state index < -0.39 is 24.0 Å². The van der Waals surface area contributed by atoms with Crippen molar-refractivity contribution in [3.8, 4) is 45.8 Å². The van der Waals surface area contributed by atoms with Crippen molar-refractivity contribution in [1.29, 1.82) is 0 Å². The summed E-state index contributed by atoms with van der Waals surface area (Å²) in [5, 5.41) is 8.57. The largest absolute Gasteiger partial charge is 0.492 e. The molecule has 0 radical (unpaired) electrons. The third kappa shape index (κ3) is 17.1. The van der Waals surface area contributed by atoms with Gasteiger partial charge in [-0.15, -0.1) is 11.6 Å². The van der Waals surface area contributed by atoms with E-state index in [0.717, 1.165) is 122 Å². The fourth-order valence-electron chi connectivity index (χ4n) is 9.67. The number of aromatic amines is 2. The van der Waals surface area contributed by atoms with Gasteiger partial charge in [-0.2, -0.15) is 0 Å². The number of hydrogen-bond acceptors (Lipinski definition) is 14. The maximum absolute atomic E-state index is 12.0. The predicted octanol–water partition coefficient (Wildman–Crippen LogP) is 9.69. The molecule has 2 aliphatic rings. The molecule has 4 amide bonds. The van der Waals surface area contributed by atoms with E-state index in [0.29, 0.717) is 30.6 Å². The molecule has 2 aliphatic heterocycles. The van der Waals surface area contributed by atoms with Crippen molar-refractivity contribution in [2.75, 3.05) is 87.8 Å². The van der Waals surface area contributed by atoms with Gasteiger partial charge < -0.3 is 66.1 Å². The summed E-state index contributed by atoms with van der Waals surface area (Å²) in [6.07, 6.45) is 0.775. The average molecular weight is 1180 g/mol. The zero-order valence-electron chi connectivity index (χ0n) is 49.1. The first-order valence-electron chi connectivity index (χ1n) is 28.8. The molecule has 0 spiro atoms. The molecule has 20 nitrogen and oxygen atoms in total. The number of fused-ring (bicyclic) bond motifs is 2. The molecule has 0 atom stereocenters. The summed E-state index contributed by atoms with van der Waals surface area (Å²) < 4.78 is 21.5. The number of aromatic nitrogens is 4. The van der Waals surface area contributed by atoms with Crippen molar-refractivity contribution >= 4 is 69.0 Å². The first-order chi connectivity index (χ1) is 41.1. The Balaban J connectivity index is 0.000000184. The molecule has 2 aromatic heterocycles. The first-order valence-corrected chi connectivity index (χ1v) is 29.4. The van der Waals surface area contributed by atoms with Crippen LogP contribution in [0.5, 0.6) is 23.0 Å². The minimum atomic E-state index is -0.714. The van der Waals surface area contributed by atoms with Crippen molar-refractivity contribution in [2.45, 2.75) is 66.5 Å². The lowest BCUT2D eigenvalue weighted by Crippen LogP contribution is -2.47. The van der Waals surface area contributed by atoms with Crippen LogP contribution in [0.2, 0.25) is 0 Å². The highest BCUT2D eigenvalue weighted by Crippen LogP contribution is 2.32. The molecule has 10 rings (SSSR count). The van der Waals surface area contributed by atoms with Crippen LogP contribution in [-0.4, -0.2) is 139 Å². The zero-order valence-corrected chi connectivity index (χ0v) is 49.9. The molecule has 85 heavy (non-hydrogen) atoms. The Bertz CT molecular complexity index is 3520. The summed E-state index contributed by atoms with van der Waals surface area (Å²) in [7, 11) is 0. The SMILES string of the molecule is CC(C)NC(=O)Oc1ccc(OCCCl)cc1C(N)=O.CCc1ccc(-c2nc3c(N4CCN(CCOc5ccc(OC(=O)NC(C)C)c(C(N)=O)c5)CC4)cccc3[nH]2)cc1.CCc1ccc(-c2nc3c(N4CCNCC4)cccc3[nH]2)cc1. The van der Waals surface area contributed by atoms with Crippen LogP contribution in [-0.2, 0) is 12.8 Å². The zero-order chi connectivity index (χ0) is 60.4. The van der Waals surface area contributed by atoms with E-state index in [4.69, 9.17) is 52.0 Å². The quantitative estimate of drug-likeness (QED) is 0.0372. The Morgan fingerprint density at radius 1 is 0.576 bits per heavy atom. The number of amides is 4. The van der Waals surface area contributed by atoms with Gasteiger partial charge in [0.05, 0.1) is 39.4 Å². The third-order valence-corrected chi connectivity index (χ3v) is 14.3. The van der Waals surface area contributed by atoms with Crippen LogP contribution < -0.4 is 56.2 Å². The lowest BCUT2D eigenvalue weighted by Gasteiger charge is -2.36. The van der Waals surface area contributed by atoms with Gasteiger partial charge in [-0.1, -0.05) is 74.5 Å². The highest BCUT2D eigenvalue weighted by Gasteiger charge is 2.22. The lowest BCUT2D eigenvalue weighted by molar-refractivity contribution is 0.0988. The normalized spacial score (nSPS) is 13.4.